The van der Waals surface area contributed by atoms with E-state index in [-0.39, 0.29) is 0 Å². The Morgan fingerprint density at radius 1 is 1.10 bits per heavy atom. The molecule has 6 heteroatoms. The number of nitrogens with one attached hydrogen (secondary N) is 1. The van der Waals surface area contributed by atoms with E-state index in [2.05, 4.69) is 29.8 Å². The lowest BCUT2D eigenvalue weighted by atomic mass is 10.3. The monoisotopic (exact) mass is 268 g/mol. The van der Waals surface area contributed by atoms with Gasteiger partial charge in [-0.25, -0.2) is 19.9 Å². The molecule has 6 nitrogen and oxygen atoms in total. The van der Waals surface area contributed by atoms with Gasteiger partial charge in [0.05, 0.1) is 11.7 Å². The van der Waals surface area contributed by atoms with E-state index in [0.717, 1.165) is 42.8 Å². The molecule has 0 aliphatic heterocycles. The Hall–Kier alpha value is -2.50. The number of rotatable bonds is 6. The van der Waals surface area contributed by atoms with Crippen LogP contribution in [0.4, 0.5) is 5.82 Å². The van der Waals surface area contributed by atoms with Crippen molar-refractivity contribution in [2.75, 3.05) is 11.9 Å². The van der Waals surface area contributed by atoms with Gasteiger partial charge in [-0.2, -0.15) is 0 Å². The third kappa shape index (κ3) is 2.90. The van der Waals surface area contributed by atoms with Crippen molar-refractivity contribution in [3.63, 3.8) is 0 Å². The summed E-state index contributed by atoms with van der Waals surface area (Å²) in [6.07, 6.45) is 11.1. The molecule has 0 spiro atoms. The van der Waals surface area contributed by atoms with Gasteiger partial charge in [-0.1, -0.05) is 0 Å². The zero-order chi connectivity index (χ0) is 13.6. The quantitative estimate of drug-likeness (QED) is 0.693. The topological polar surface area (TPSA) is 68.5 Å². The van der Waals surface area contributed by atoms with Gasteiger partial charge in [-0.05, 0) is 25.0 Å². The summed E-state index contributed by atoms with van der Waals surface area (Å²) in [5.74, 6) is 0.853. The van der Waals surface area contributed by atoms with Crippen LogP contribution in [-0.2, 0) is 6.54 Å². The molecular formula is C14H16N6. The fourth-order valence-corrected chi connectivity index (χ4v) is 2.08. The molecule has 0 radical (unpaired) electrons. The van der Waals surface area contributed by atoms with Gasteiger partial charge in [0.15, 0.2) is 5.65 Å². The molecule has 20 heavy (non-hydrogen) atoms. The standard InChI is InChI=1S/C14H16N6/c1(2-8-20-9-7-15-11-20)5-16-13-12-4-3-6-17-14(12)19-10-18-13/h3-4,6-7,9-11H,1-2,5,8H2,(H,16,17,18,19). The number of nitrogens with zero attached hydrogens (tertiary/aromatic N) is 5. The molecule has 3 aromatic rings. The first kappa shape index (κ1) is 12.5. The molecule has 0 aromatic carbocycles. The fourth-order valence-electron chi connectivity index (χ4n) is 2.08. The second-order valence-electron chi connectivity index (χ2n) is 4.53. The summed E-state index contributed by atoms with van der Waals surface area (Å²) >= 11 is 0. The van der Waals surface area contributed by atoms with Crippen molar-refractivity contribution in [2.45, 2.75) is 19.4 Å². The van der Waals surface area contributed by atoms with E-state index in [1.807, 2.05) is 24.7 Å². The van der Waals surface area contributed by atoms with Gasteiger partial charge in [0, 0.05) is 31.7 Å². The highest BCUT2D eigenvalue weighted by atomic mass is 15.0. The van der Waals surface area contributed by atoms with Crippen molar-refractivity contribution in [1.29, 1.82) is 0 Å². The third-order valence-corrected chi connectivity index (χ3v) is 3.10. The first-order chi connectivity index (χ1) is 9.93. The van der Waals surface area contributed by atoms with Crippen LogP contribution in [0.25, 0.3) is 11.0 Å². The van der Waals surface area contributed by atoms with Crippen molar-refractivity contribution in [3.8, 4) is 0 Å². The number of fused-ring (bicyclic) bond motifs is 1. The molecule has 0 saturated carbocycles. The van der Waals surface area contributed by atoms with E-state index in [4.69, 9.17) is 0 Å². The van der Waals surface area contributed by atoms with Crippen molar-refractivity contribution < 1.29 is 0 Å². The number of hydrogen-bond donors (Lipinski definition) is 1. The van der Waals surface area contributed by atoms with Crippen LogP contribution in [0, 0.1) is 0 Å². The fraction of sp³-hybridized carbons (Fsp3) is 0.286. The molecule has 102 valence electrons. The highest BCUT2D eigenvalue weighted by Gasteiger charge is 2.02. The van der Waals surface area contributed by atoms with E-state index >= 15 is 0 Å². The Morgan fingerprint density at radius 3 is 3.00 bits per heavy atom. The van der Waals surface area contributed by atoms with Gasteiger partial charge >= 0.3 is 0 Å². The number of anilines is 1. The summed E-state index contributed by atoms with van der Waals surface area (Å²) in [5, 5.41) is 4.31. The Morgan fingerprint density at radius 2 is 2.10 bits per heavy atom. The Bertz CT molecular complexity index is 659. The van der Waals surface area contributed by atoms with E-state index in [1.54, 1.807) is 18.7 Å². The molecule has 0 amide bonds. The Kier molecular flexibility index (Phi) is 3.82. The van der Waals surface area contributed by atoms with E-state index in [9.17, 15) is 0 Å². The highest BCUT2D eigenvalue weighted by Crippen LogP contribution is 2.16. The minimum Gasteiger partial charge on any atom is -0.369 e. The minimum atomic E-state index is 0.725. The average Bonchev–Trinajstić information content (AvgIpc) is 3.00. The summed E-state index contributed by atoms with van der Waals surface area (Å²) < 4.78 is 2.09. The van der Waals surface area contributed by atoms with Crippen molar-refractivity contribution in [3.05, 3.63) is 43.4 Å². The molecule has 0 atom stereocenters. The second kappa shape index (κ2) is 6.10. The molecule has 0 bridgehead atoms. The van der Waals surface area contributed by atoms with Crippen LogP contribution in [0.5, 0.6) is 0 Å². The lowest BCUT2D eigenvalue weighted by Gasteiger charge is -2.07. The third-order valence-electron chi connectivity index (χ3n) is 3.10. The normalized spacial score (nSPS) is 10.8. The van der Waals surface area contributed by atoms with Crippen LogP contribution in [-0.4, -0.2) is 31.0 Å². The number of hydrogen-bond acceptors (Lipinski definition) is 5. The predicted molar refractivity (Wildman–Crippen MR) is 77.3 cm³/mol. The SMILES string of the molecule is c1cnc2ncnc(NCCCCn3ccnc3)c2c1. The lowest BCUT2D eigenvalue weighted by molar-refractivity contribution is 0.621. The van der Waals surface area contributed by atoms with E-state index in [1.165, 1.54) is 0 Å². The first-order valence-corrected chi connectivity index (χ1v) is 6.69. The number of aryl methyl sites for hydroxylation is 1. The molecule has 3 aromatic heterocycles. The minimum absolute atomic E-state index is 0.725. The van der Waals surface area contributed by atoms with Crippen molar-refractivity contribution in [2.24, 2.45) is 0 Å². The molecule has 3 rings (SSSR count). The van der Waals surface area contributed by atoms with Gasteiger partial charge in [-0.3, -0.25) is 0 Å². The number of aromatic nitrogens is 5. The maximum Gasteiger partial charge on any atom is 0.164 e. The summed E-state index contributed by atoms with van der Waals surface area (Å²) in [6.45, 7) is 1.88. The molecule has 0 fully saturated rings. The predicted octanol–water partition coefficient (Wildman–Crippen LogP) is 2.11. The van der Waals surface area contributed by atoms with Gasteiger partial charge in [0.1, 0.15) is 12.1 Å². The van der Waals surface area contributed by atoms with Crippen molar-refractivity contribution in [1.82, 2.24) is 24.5 Å². The lowest BCUT2D eigenvalue weighted by Crippen LogP contribution is -2.06. The van der Waals surface area contributed by atoms with Crippen LogP contribution in [0.3, 0.4) is 0 Å². The molecular weight excluding hydrogens is 252 g/mol. The Balaban J connectivity index is 1.52. The maximum atomic E-state index is 4.28. The Labute approximate surface area is 116 Å². The zero-order valence-electron chi connectivity index (χ0n) is 11.1. The number of imidazole rings is 1. The smallest absolute Gasteiger partial charge is 0.164 e. The molecule has 3 heterocycles. The highest BCUT2D eigenvalue weighted by molar-refractivity contribution is 5.85. The zero-order valence-corrected chi connectivity index (χ0v) is 11.1. The van der Waals surface area contributed by atoms with Crippen LogP contribution in [0.2, 0.25) is 0 Å². The van der Waals surface area contributed by atoms with Crippen LogP contribution in [0.1, 0.15) is 12.8 Å². The number of pyridine rings is 1. The molecule has 0 aliphatic rings. The van der Waals surface area contributed by atoms with E-state index in [0.29, 0.717) is 0 Å². The van der Waals surface area contributed by atoms with Gasteiger partial charge in [0.2, 0.25) is 0 Å². The molecule has 0 unspecified atom stereocenters. The summed E-state index contributed by atoms with van der Waals surface area (Å²) in [6, 6.07) is 3.88. The molecule has 1 N–H and O–H groups in total. The van der Waals surface area contributed by atoms with Crippen LogP contribution >= 0.6 is 0 Å². The van der Waals surface area contributed by atoms with Gasteiger partial charge in [-0.15, -0.1) is 0 Å². The first-order valence-electron chi connectivity index (χ1n) is 6.69. The largest absolute Gasteiger partial charge is 0.369 e. The van der Waals surface area contributed by atoms with Crippen LogP contribution in [0.15, 0.2) is 43.4 Å². The summed E-state index contributed by atoms with van der Waals surface area (Å²) in [5.41, 5.74) is 0.725. The summed E-state index contributed by atoms with van der Waals surface area (Å²) in [7, 11) is 0. The van der Waals surface area contributed by atoms with Crippen LogP contribution < -0.4 is 5.32 Å². The summed E-state index contributed by atoms with van der Waals surface area (Å²) in [4.78, 5) is 16.7. The van der Waals surface area contributed by atoms with Gasteiger partial charge in [0.25, 0.3) is 0 Å². The maximum absolute atomic E-state index is 4.28. The average molecular weight is 268 g/mol. The number of unbranched alkanes of at least 4 members (excludes halogenated alkanes) is 1. The van der Waals surface area contributed by atoms with E-state index < -0.39 is 0 Å². The molecule has 0 saturated heterocycles. The van der Waals surface area contributed by atoms with Crippen molar-refractivity contribution >= 4 is 16.9 Å². The molecule has 0 aliphatic carbocycles. The second-order valence-corrected chi connectivity index (χ2v) is 4.53. The van der Waals surface area contributed by atoms with Gasteiger partial charge < -0.3 is 9.88 Å².